The highest BCUT2D eigenvalue weighted by Gasteiger charge is 2.28. The normalized spacial score (nSPS) is 26.7. The van der Waals surface area contributed by atoms with Crippen LogP contribution in [0.15, 0.2) is 0 Å². The first-order valence-electron chi connectivity index (χ1n) is 6.16. The molecule has 94 valence electrons. The highest BCUT2D eigenvalue weighted by atomic mass is 79.9. The molecule has 0 aromatic carbocycles. The smallest absolute Gasteiger partial charge is 0.249 e. The van der Waals surface area contributed by atoms with Gasteiger partial charge < -0.3 is 10.1 Å². The van der Waals surface area contributed by atoms with Crippen LogP contribution in [-0.4, -0.2) is 30.0 Å². The van der Waals surface area contributed by atoms with Gasteiger partial charge in [-0.1, -0.05) is 29.3 Å². The Labute approximate surface area is 106 Å². The summed E-state index contributed by atoms with van der Waals surface area (Å²) in [5.41, 5.74) is 0. The first kappa shape index (κ1) is 14.0. The lowest BCUT2D eigenvalue weighted by Gasteiger charge is -2.16. The second-order valence-electron chi connectivity index (χ2n) is 4.51. The van der Waals surface area contributed by atoms with Crippen LogP contribution >= 0.6 is 15.9 Å². The van der Waals surface area contributed by atoms with Gasteiger partial charge in [-0.05, 0) is 32.1 Å². The third kappa shape index (κ3) is 4.42. The SMILES string of the molecule is CCC(CCBr)CNC(=O)C1CCC(C)O1. The number of ether oxygens (including phenoxy) is 1. The molecule has 4 heteroatoms. The molecule has 1 aliphatic heterocycles. The molecule has 3 nitrogen and oxygen atoms in total. The number of nitrogens with one attached hydrogen (secondary N) is 1. The number of hydrogen-bond acceptors (Lipinski definition) is 2. The van der Waals surface area contributed by atoms with Gasteiger partial charge in [-0.25, -0.2) is 0 Å². The standard InChI is InChI=1S/C12H22BrNO2/c1-3-10(6-7-13)8-14-12(15)11-5-4-9(2)16-11/h9-11H,3-8H2,1-2H3,(H,14,15). The minimum atomic E-state index is -0.212. The minimum Gasteiger partial charge on any atom is -0.365 e. The Morgan fingerprint density at radius 2 is 2.31 bits per heavy atom. The molecular formula is C12H22BrNO2. The van der Waals surface area contributed by atoms with Crippen LogP contribution in [0, 0.1) is 5.92 Å². The zero-order chi connectivity index (χ0) is 12.0. The van der Waals surface area contributed by atoms with Gasteiger partial charge in [-0.3, -0.25) is 4.79 Å². The Morgan fingerprint density at radius 1 is 1.56 bits per heavy atom. The Kier molecular flexibility index (Phi) is 6.36. The highest BCUT2D eigenvalue weighted by Crippen LogP contribution is 2.19. The van der Waals surface area contributed by atoms with E-state index < -0.39 is 0 Å². The Hall–Kier alpha value is -0.0900. The molecule has 3 atom stereocenters. The Morgan fingerprint density at radius 3 is 2.81 bits per heavy atom. The predicted octanol–water partition coefficient (Wildman–Crippen LogP) is 2.48. The van der Waals surface area contributed by atoms with Crippen molar-refractivity contribution in [3.8, 4) is 0 Å². The van der Waals surface area contributed by atoms with Gasteiger partial charge in [-0.2, -0.15) is 0 Å². The van der Waals surface area contributed by atoms with Crippen molar-refractivity contribution in [1.29, 1.82) is 0 Å². The molecule has 1 amide bonds. The van der Waals surface area contributed by atoms with E-state index in [1.807, 2.05) is 6.92 Å². The third-order valence-electron chi connectivity index (χ3n) is 3.18. The first-order chi connectivity index (χ1) is 7.67. The highest BCUT2D eigenvalue weighted by molar-refractivity contribution is 9.09. The van der Waals surface area contributed by atoms with Crippen molar-refractivity contribution in [3.05, 3.63) is 0 Å². The first-order valence-corrected chi connectivity index (χ1v) is 7.28. The third-order valence-corrected chi connectivity index (χ3v) is 3.64. The molecular weight excluding hydrogens is 270 g/mol. The van der Waals surface area contributed by atoms with Crippen molar-refractivity contribution in [2.75, 3.05) is 11.9 Å². The molecule has 0 spiro atoms. The lowest BCUT2D eigenvalue weighted by atomic mass is 10.0. The van der Waals surface area contributed by atoms with Gasteiger partial charge in [0.2, 0.25) is 5.91 Å². The molecule has 0 radical (unpaired) electrons. The molecule has 0 aliphatic carbocycles. The van der Waals surface area contributed by atoms with Crippen LogP contribution in [0.1, 0.15) is 39.5 Å². The number of carbonyl (C=O) groups excluding carboxylic acids is 1. The molecule has 1 fully saturated rings. The number of carbonyl (C=O) groups is 1. The molecule has 1 aliphatic rings. The van der Waals surface area contributed by atoms with Crippen LogP contribution in [0.2, 0.25) is 0 Å². The summed E-state index contributed by atoms with van der Waals surface area (Å²) < 4.78 is 5.53. The van der Waals surface area contributed by atoms with E-state index in [2.05, 4.69) is 28.2 Å². The molecule has 1 rings (SSSR count). The van der Waals surface area contributed by atoms with Gasteiger partial charge in [0.15, 0.2) is 0 Å². The van der Waals surface area contributed by atoms with Crippen molar-refractivity contribution in [2.24, 2.45) is 5.92 Å². The summed E-state index contributed by atoms with van der Waals surface area (Å²) in [5, 5.41) is 3.99. The molecule has 0 aromatic heterocycles. The number of halogens is 1. The van der Waals surface area contributed by atoms with Crippen LogP contribution in [0.5, 0.6) is 0 Å². The summed E-state index contributed by atoms with van der Waals surface area (Å²) in [6.07, 6.45) is 4.10. The number of alkyl halides is 1. The van der Waals surface area contributed by atoms with E-state index in [1.165, 1.54) is 0 Å². The summed E-state index contributed by atoms with van der Waals surface area (Å²) in [7, 11) is 0. The lowest BCUT2D eigenvalue weighted by molar-refractivity contribution is -0.131. The van der Waals surface area contributed by atoms with Gasteiger partial charge in [0.25, 0.3) is 0 Å². The monoisotopic (exact) mass is 291 g/mol. The molecule has 0 aromatic rings. The Bertz CT molecular complexity index is 223. The summed E-state index contributed by atoms with van der Waals surface area (Å²) >= 11 is 3.43. The zero-order valence-corrected chi connectivity index (χ0v) is 11.8. The van der Waals surface area contributed by atoms with Crippen LogP contribution in [0.3, 0.4) is 0 Å². The zero-order valence-electron chi connectivity index (χ0n) is 10.2. The summed E-state index contributed by atoms with van der Waals surface area (Å²) in [4.78, 5) is 11.8. The minimum absolute atomic E-state index is 0.0670. The summed E-state index contributed by atoms with van der Waals surface area (Å²) in [6.45, 7) is 4.95. The maximum Gasteiger partial charge on any atom is 0.249 e. The van der Waals surface area contributed by atoms with Crippen molar-refractivity contribution < 1.29 is 9.53 Å². The van der Waals surface area contributed by atoms with Crippen LogP contribution < -0.4 is 5.32 Å². The molecule has 1 heterocycles. The van der Waals surface area contributed by atoms with E-state index in [-0.39, 0.29) is 18.1 Å². The van der Waals surface area contributed by atoms with E-state index in [0.29, 0.717) is 5.92 Å². The predicted molar refractivity (Wildman–Crippen MR) is 68.8 cm³/mol. The van der Waals surface area contributed by atoms with Crippen LogP contribution in [-0.2, 0) is 9.53 Å². The fraction of sp³-hybridized carbons (Fsp3) is 0.917. The quantitative estimate of drug-likeness (QED) is 0.764. The van der Waals surface area contributed by atoms with Gasteiger partial charge in [0, 0.05) is 11.9 Å². The maximum atomic E-state index is 11.8. The van der Waals surface area contributed by atoms with Crippen molar-refractivity contribution >= 4 is 21.8 Å². The lowest BCUT2D eigenvalue weighted by Crippen LogP contribution is -2.37. The number of rotatable bonds is 6. The average Bonchev–Trinajstić information content (AvgIpc) is 2.70. The summed E-state index contributed by atoms with van der Waals surface area (Å²) in [5.74, 6) is 0.638. The van der Waals surface area contributed by atoms with Crippen LogP contribution in [0.4, 0.5) is 0 Å². The average molecular weight is 292 g/mol. The Balaban J connectivity index is 2.23. The largest absolute Gasteiger partial charge is 0.365 e. The summed E-state index contributed by atoms with van der Waals surface area (Å²) in [6, 6.07) is 0. The van der Waals surface area contributed by atoms with Gasteiger partial charge in [-0.15, -0.1) is 0 Å². The van der Waals surface area contributed by atoms with E-state index in [0.717, 1.165) is 37.6 Å². The molecule has 0 saturated carbocycles. The fourth-order valence-electron chi connectivity index (χ4n) is 1.96. The van der Waals surface area contributed by atoms with Crippen molar-refractivity contribution in [3.63, 3.8) is 0 Å². The van der Waals surface area contributed by atoms with Gasteiger partial charge >= 0.3 is 0 Å². The second-order valence-corrected chi connectivity index (χ2v) is 5.30. The van der Waals surface area contributed by atoms with E-state index in [9.17, 15) is 4.79 Å². The van der Waals surface area contributed by atoms with E-state index >= 15 is 0 Å². The molecule has 16 heavy (non-hydrogen) atoms. The number of hydrogen-bond donors (Lipinski definition) is 1. The van der Waals surface area contributed by atoms with Crippen molar-refractivity contribution in [2.45, 2.75) is 51.7 Å². The molecule has 3 unspecified atom stereocenters. The fourth-order valence-corrected chi connectivity index (χ4v) is 2.61. The molecule has 1 N–H and O–H groups in total. The van der Waals surface area contributed by atoms with Gasteiger partial charge in [0.1, 0.15) is 6.10 Å². The van der Waals surface area contributed by atoms with E-state index in [4.69, 9.17) is 4.74 Å². The molecule has 1 saturated heterocycles. The van der Waals surface area contributed by atoms with Crippen LogP contribution in [0.25, 0.3) is 0 Å². The maximum absolute atomic E-state index is 11.8. The van der Waals surface area contributed by atoms with Gasteiger partial charge in [0.05, 0.1) is 6.10 Å². The van der Waals surface area contributed by atoms with Crippen molar-refractivity contribution in [1.82, 2.24) is 5.32 Å². The van der Waals surface area contributed by atoms with E-state index in [1.54, 1.807) is 0 Å². The molecule has 0 bridgehead atoms. The number of amides is 1. The second kappa shape index (κ2) is 7.28. The topological polar surface area (TPSA) is 38.3 Å².